The molecule has 0 saturated carbocycles. The van der Waals surface area contributed by atoms with E-state index in [1.165, 1.54) is 5.56 Å². The molecule has 0 radical (unpaired) electrons. The van der Waals surface area contributed by atoms with Crippen LogP contribution in [-0.2, 0) is 0 Å². The van der Waals surface area contributed by atoms with Gasteiger partial charge < -0.3 is 15.2 Å². The summed E-state index contributed by atoms with van der Waals surface area (Å²) in [6.45, 7) is 5.14. The molecule has 0 bridgehead atoms. The molecule has 2 aromatic rings. The van der Waals surface area contributed by atoms with Gasteiger partial charge in [0.25, 0.3) is 0 Å². The Morgan fingerprint density at radius 2 is 1.65 bits per heavy atom. The summed E-state index contributed by atoms with van der Waals surface area (Å²) in [5.41, 5.74) is 8.17. The highest BCUT2D eigenvalue weighted by atomic mass is 16.5. The zero-order chi connectivity index (χ0) is 14.4. The van der Waals surface area contributed by atoms with Crippen LogP contribution in [0.1, 0.15) is 24.2 Å². The highest BCUT2D eigenvalue weighted by molar-refractivity contribution is 5.33. The fourth-order valence-corrected chi connectivity index (χ4v) is 2.13. The highest BCUT2D eigenvalue weighted by Gasteiger charge is 2.13. The summed E-state index contributed by atoms with van der Waals surface area (Å²) < 4.78 is 11.4. The number of hydrogen-bond acceptors (Lipinski definition) is 3. The Hall–Kier alpha value is -2.00. The molecule has 0 heterocycles. The van der Waals surface area contributed by atoms with E-state index in [0.29, 0.717) is 13.2 Å². The summed E-state index contributed by atoms with van der Waals surface area (Å²) in [7, 11) is 0. The van der Waals surface area contributed by atoms with Crippen molar-refractivity contribution in [1.82, 2.24) is 0 Å². The predicted molar refractivity (Wildman–Crippen MR) is 81.2 cm³/mol. The lowest BCUT2D eigenvalue weighted by atomic mass is 10.0. The fourth-order valence-electron chi connectivity index (χ4n) is 2.13. The van der Waals surface area contributed by atoms with Crippen molar-refractivity contribution in [3.05, 3.63) is 59.7 Å². The summed E-state index contributed by atoms with van der Waals surface area (Å²) >= 11 is 0. The molecule has 2 rings (SSSR count). The van der Waals surface area contributed by atoms with Gasteiger partial charge in [0.2, 0.25) is 0 Å². The molecule has 1 atom stereocenters. The van der Waals surface area contributed by atoms with E-state index >= 15 is 0 Å². The van der Waals surface area contributed by atoms with Crippen LogP contribution in [0.15, 0.2) is 48.5 Å². The Bertz CT molecular complexity index is 537. The SMILES string of the molecule is CCOc1ccc(OC(CN)c2ccccc2C)cc1. The van der Waals surface area contributed by atoms with Crippen molar-refractivity contribution in [3.63, 3.8) is 0 Å². The van der Waals surface area contributed by atoms with Crippen molar-refractivity contribution in [2.24, 2.45) is 5.73 Å². The van der Waals surface area contributed by atoms with Gasteiger partial charge in [0, 0.05) is 6.54 Å². The summed E-state index contributed by atoms with van der Waals surface area (Å²) in [5, 5.41) is 0. The topological polar surface area (TPSA) is 44.5 Å². The number of rotatable bonds is 6. The molecular formula is C17H21NO2. The van der Waals surface area contributed by atoms with Gasteiger partial charge in [0.1, 0.15) is 17.6 Å². The normalized spacial score (nSPS) is 11.9. The van der Waals surface area contributed by atoms with Crippen molar-refractivity contribution < 1.29 is 9.47 Å². The number of hydrogen-bond donors (Lipinski definition) is 1. The minimum absolute atomic E-state index is 0.130. The maximum absolute atomic E-state index is 5.98. The van der Waals surface area contributed by atoms with Gasteiger partial charge in [0.05, 0.1) is 6.61 Å². The number of ether oxygens (including phenoxy) is 2. The van der Waals surface area contributed by atoms with Crippen LogP contribution < -0.4 is 15.2 Å². The van der Waals surface area contributed by atoms with Gasteiger partial charge in [-0.15, -0.1) is 0 Å². The Morgan fingerprint density at radius 3 is 2.25 bits per heavy atom. The van der Waals surface area contributed by atoms with Crippen molar-refractivity contribution in [2.45, 2.75) is 20.0 Å². The molecule has 20 heavy (non-hydrogen) atoms. The molecule has 0 amide bonds. The molecule has 0 aliphatic carbocycles. The van der Waals surface area contributed by atoms with E-state index in [1.54, 1.807) is 0 Å². The summed E-state index contributed by atoms with van der Waals surface area (Å²) in [5.74, 6) is 1.65. The molecule has 106 valence electrons. The second kappa shape index (κ2) is 6.96. The number of benzene rings is 2. The van der Waals surface area contributed by atoms with E-state index in [4.69, 9.17) is 15.2 Å². The minimum atomic E-state index is -0.130. The molecular weight excluding hydrogens is 250 g/mol. The largest absolute Gasteiger partial charge is 0.494 e. The predicted octanol–water partition coefficient (Wildman–Crippen LogP) is 3.47. The molecule has 0 aromatic heterocycles. The third kappa shape index (κ3) is 3.52. The maximum Gasteiger partial charge on any atom is 0.136 e. The molecule has 2 N–H and O–H groups in total. The van der Waals surface area contributed by atoms with Crippen LogP contribution in [0.2, 0.25) is 0 Å². The number of nitrogens with two attached hydrogens (primary N) is 1. The summed E-state index contributed by atoms with van der Waals surface area (Å²) in [6, 6.07) is 15.8. The van der Waals surface area contributed by atoms with Crippen molar-refractivity contribution in [1.29, 1.82) is 0 Å². The quantitative estimate of drug-likeness (QED) is 0.875. The van der Waals surface area contributed by atoms with Crippen LogP contribution in [0.4, 0.5) is 0 Å². The van der Waals surface area contributed by atoms with E-state index in [1.807, 2.05) is 43.3 Å². The Kier molecular flexibility index (Phi) is 5.02. The molecule has 0 saturated heterocycles. The molecule has 0 aliphatic rings. The smallest absolute Gasteiger partial charge is 0.136 e. The molecule has 0 spiro atoms. The van der Waals surface area contributed by atoms with Crippen LogP contribution in [0, 0.1) is 6.92 Å². The standard InChI is InChI=1S/C17H21NO2/c1-3-19-14-8-10-15(11-9-14)20-17(12-18)16-7-5-4-6-13(16)2/h4-11,17H,3,12,18H2,1-2H3. The maximum atomic E-state index is 5.98. The third-order valence-electron chi connectivity index (χ3n) is 3.16. The highest BCUT2D eigenvalue weighted by Crippen LogP contribution is 2.25. The monoisotopic (exact) mass is 271 g/mol. The molecule has 0 fully saturated rings. The molecule has 1 unspecified atom stereocenters. The lowest BCUT2D eigenvalue weighted by Crippen LogP contribution is -2.19. The van der Waals surface area contributed by atoms with Gasteiger partial charge in [-0.3, -0.25) is 0 Å². The van der Waals surface area contributed by atoms with Gasteiger partial charge in [-0.25, -0.2) is 0 Å². The van der Waals surface area contributed by atoms with Crippen LogP contribution in [0.5, 0.6) is 11.5 Å². The first-order valence-corrected chi connectivity index (χ1v) is 6.89. The lowest BCUT2D eigenvalue weighted by Gasteiger charge is -2.19. The van der Waals surface area contributed by atoms with Gasteiger partial charge in [-0.2, -0.15) is 0 Å². The van der Waals surface area contributed by atoms with Crippen molar-refractivity contribution >= 4 is 0 Å². The molecule has 2 aromatic carbocycles. The zero-order valence-electron chi connectivity index (χ0n) is 12.0. The van der Waals surface area contributed by atoms with E-state index in [0.717, 1.165) is 17.1 Å². The Labute approximate surface area is 120 Å². The molecule has 3 nitrogen and oxygen atoms in total. The van der Waals surface area contributed by atoms with E-state index in [-0.39, 0.29) is 6.10 Å². The van der Waals surface area contributed by atoms with Crippen molar-refractivity contribution in [2.75, 3.05) is 13.2 Å². The minimum Gasteiger partial charge on any atom is -0.494 e. The molecule has 3 heteroatoms. The van der Waals surface area contributed by atoms with Crippen LogP contribution in [-0.4, -0.2) is 13.2 Å². The first-order valence-electron chi connectivity index (χ1n) is 6.89. The lowest BCUT2D eigenvalue weighted by molar-refractivity contribution is 0.213. The van der Waals surface area contributed by atoms with Gasteiger partial charge in [-0.05, 0) is 49.2 Å². The van der Waals surface area contributed by atoms with E-state index in [2.05, 4.69) is 19.1 Å². The third-order valence-corrected chi connectivity index (χ3v) is 3.16. The molecule has 0 aliphatic heterocycles. The van der Waals surface area contributed by atoms with E-state index in [9.17, 15) is 0 Å². The first kappa shape index (κ1) is 14.4. The summed E-state index contributed by atoms with van der Waals surface area (Å²) in [6.07, 6.45) is -0.130. The first-order chi connectivity index (χ1) is 9.74. The zero-order valence-corrected chi connectivity index (χ0v) is 12.0. The van der Waals surface area contributed by atoms with Crippen LogP contribution in [0.3, 0.4) is 0 Å². The fraction of sp³-hybridized carbons (Fsp3) is 0.294. The van der Waals surface area contributed by atoms with Gasteiger partial charge in [0.15, 0.2) is 0 Å². The average Bonchev–Trinajstić information content (AvgIpc) is 2.48. The van der Waals surface area contributed by atoms with E-state index < -0.39 is 0 Å². The van der Waals surface area contributed by atoms with Crippen LogP contribution >= 0.6 is 0 Å². The Balaban J connectivity index is 2.12. The number of aryl methyl sites for hydroxylation is 1. The van der Waals surface area contributed by atoms with Gasteiger partial charge in [-0.1, -0.05) is 24.3 Å². The van der Waals surface area contributed by atoms with Crippen molar-refractivity contribution in [3.8, 4) is 11.5 Å². The second-order valence-corrected chi connectivity index (χ2v) is 4.60. The Morgan fingerprint density at radius 1 is 1.00 bits per heavy atom. The van der Waals surface area contributed by atoms with Crippen LogP contribution in [0.25, 0.3) is 0 Å². The van der Waals surface area contributed by atoms with Gasteiger partial charge >= 0.3 is 0 Å². The summed E-state index contributed by atoms with van der Waals surface area (Å²) in [4.78, 5) is 0. The second-order valence-electron chi connectivity index (χ2n) is 4.60. The average molecular weight is 271 g/mol.